The number of carbonyl (C=O) groups is 1. The number of halogens is 1. The number of aryl methyl sites for hydroxylation is 1. The molecule has 2 saturated carbocycles. The molecule has 0 bridgehead atoms. The minimum absolute atomic E-state index is 0.155. The Morgan fingerprint density at radius 1 is 0.970 bits per heavy atom. The Morgan fingerprint density at radius 3 is 2.39 bits per heavy atom. The molecule has 33 heavy (non-hydrogen) atoms. The molecule has 1 amide bonds. The number of nitrogens with zero attached hydrogens (tertiary/aromatic N) is 2. The van der Waals surface area contributed by atoms with Gasteiger partial charge in [-0.1, -0.05) is 74.4 Å². The molecule has 1 aromatic heterocycles. The number of nitrogens with one attached hydrogen (secondary N) is 1. The molecule has 2 fully saturated rings. The molecule has 2 aliphatic carbocycles. The summed E-state index contributed by atoms with van der Waals surface area (Å²) in [6.07, 6.45) is 11.7. The van der Waals surface area contributed by atoms with Gasteiger partial charge in [0, 0.05) is 11.6 Å². The van der Waals surface area contributed by atoms with Crippen molar-refractivity contribution >= 4 is 28.5 Å². The zero-order chi connectivity index (χ0) is 22.8. The second kappa shape index (κ2) is 9.89. The summed E-state index contributed by atoms with van der Waals surface area (Å²) in [5.74, 6) is 1.28. The monoisotopic (exact) mass is 463 g/mol. The van der Waals surface area contributed by atoms with Crippen LogP contribution in [0.15, 0.2) is 42.5 Å². The Morgan fingerprint density at radius 2 is 1.67 bits per heavy atom. The second-order valence-electron chi connectivity index (χ2n) is 9.91. The molecule has 4 nitrogen and oxygen atoms in total. The van der Waals surface area contributed by atoms with Gasteiger partial charge in [0.15, 0.2) is 0 Å². The molecule has 0 aliphatic heterocycles. The smallest absolute Gasteiger partial charge is 0.243 e. The van der Waals surface area contributed by atoms with E-state index in [0.717, 1.165) is 53.7 Å². The van der Waals surface area contributed by atoms with Gasteiger partial charge in [-0.25, -0.2) is 4.98 Å². The van der Waals surface area contributed by atoms with Crippen LogP contribution in [0, 0.1) is 12.8 Å². The average Bonchev–Trinajstić information content (AvgIpc) is 3.19. The molecule has 1 N–H and O–H groups in total. The van der Waals surface area contributed by atoms with E-state index in [0.29, 0.717) is 10.9 Å². The summed E-state index contributed by atoms with van der Waals surface area (Å²) in [5, 5.41) is 4.14. The fourth-order valence-electron chi connectivity index (χ4n) is 5.94. The number of carbonyl (C=O) groups excluding carboxylic acids is 1. The van der Waals surface area contributed by atoms with Crippen molar-refractivity contribution in [2.24, 2.45) is 5.92 Å². The lowest BCUT2D eigenvalue weighted by Gasteiger charge is -2.34. The molecule has 174 valence electrons. The van der Waals surface area contributed by atoms with Crippen LogP contribution < -0.4 is 5.32 Å². The summed E-state index contributed by atoms with van der Waals surface area (Å²) in [5.41, 5.74) is 3.94. The van der Waals surface area contributed by atoms with E-state index in [-0.39, 0.29) is 18.0 Å². The number of fused-ring (bicyclic) bond motifs is 1. The molecule has 1 heterocycles. The van der Waals surface area contributed by atoms with E-state index in [4.69, 9.17) is 16.6 Å². The fourth-order valence-corrected chi connectivity index (χ4v) is 6.25. The van der Waals surface area contributed by atoms with Gasteiger partial charge in [0.2, 0.25) is 5.91 Å². The second-order valence-corrected chi connectivity index (χ2v) is 10.3. The largest absolute Gasteiger partial charge is 0.352 e. The van der Waals surface area contributed by atoms with Gasteiger partial charge in [0.1, 0.15) is 11.9 Å². The number of hydrogen-bond acceptors (Lipinski definition) is 2. The van der Waals surface area contributed by atoms with Gasteiger partial charge in [0.05, 0.1) is 16.1 Å². The predicted octanol–water partition coefficient (Wildman–Crippen LogP) is 7.24. The lowest BCUT2D eigenvalue weighted by Crippen LogP contribution is -2.43. The first-order valence-electron chi connectivity index (χ1n) is 12.7. The maximum absolute atomic E-state index is 14.0. The highest BCUT2D eigenvalue weighted by Crippen LogP contribution is 2.40. The molecule has 2 aromatic carbocycles. The molecule has 0 saturated heterocycles. The van der Waals surface area contributed by atoms with Crippen LogP contribution in [0.4, 0.5) is 0 Å². The van der Waals surface area contributed by atoms with Crippen molar-refractivity contribution in [3.63, 3.8) is 0 Å². The van der Waals surface area contributed by atoms with Gasteiger partial charge >= 0.3 is 0 Å². The Kier molecular flexibility index (Phi) is 6.73. The topological polar surface area (TPSA) is 46.9 Å². The summed E-state index contributed by atoms with van der Waals surface area (Å²) < 4.78 is 2.22. The Bertz CT molecular complexity index is 1110. The van der Waals surface area contributed by atoms with Crippen molar-refractivity contribution in [3.05, 3.63) is 53.1 Å². The number of aromatic nitrogens is 2. The van der Waals surface area contributed by atoms with Crippen LogP contribution in [-0.2, 0) is 4.79 Å². The van der Waals surface area contributed by atoms with Crippen LogP contribution in [-0.4, -0.2) is 21.5 Å². The zero-order valence-corrected chi connectivity index (χ0v) is 20.3. The summed E-state index contributed by atoms with van der Waals surface area (Å²) in [6.45, 7) is 2.07. The van der Waals surface area contributed by atoms with E-state index in [1.54, 1.807) is 0 Å². The van der Waals surface area contributed by atoms with Crippen molar-refractivity contribution in [3.8, 4) is 11.4 Å². The Labute approximate surface area is 201 Å². The van der Waals surface area contributed by atoms with Gasteiger partial charge in [-0.05, 0) is 62.3 Å². The van der Waals surface area contributed by atoms with Crippen LogP contribution in [0.1, 0.15) is 75.8 Å². The van der Waals surface area contributed by atoms with Gasteiger partial charge < -0.3 is 9.88 Å². The third kappa shape index (κ3) is 4.55. The molecule has 1 unspecified atom stereocenters. The SMILES string of the molecule is Cc1cccc(Cl)c1-c1nc2ccccc2n1C(C(=O)NC1CCCCC1)C1CCCCC1. The minimum Gasteiger partial charge on any atom is -0.352 e. The van der Waals surface area contributed by atoms with Gasteiger partial charge in [0.25, 0.3) is 0 Å². The normalized spacial score (nSPS) is 19.0. The molecule has 2 aliphatic rings. The summed E-state index contributed by atoms with van der Waals surface area (Å²) in [4.78, 5) is 19.1. The first kappa shape index (κ1) is 22.5. The van der Waals surface area contributed by atoms with E-state index in [1.165, 1.54) is 38.5 Å². The number of para-hydroxylation sites is 2. The highest BCUT2D eigenvalue weighted by molar-refractivity contribution is 6.33. The van der Waals surface area contributed by atoms with E-state index < -0.39 is 0 Å². The summed E-state index contributed by atoms with van der Waals surface area (Å²) in [7, 11) is 0. The van der Waals surface area contributed by atoms with Crippen LogP contribution in [0.2, 0.25) is 5.02 Å². The van der Waals surface area contributed by atoms with Crippen molar-refractivity contribution in [2.75, 3.05) is 0 Å². The van der Waals surface area contributed by atoms with Crippen LogP contribution in [0.5, 0.6) is 0 Å². The molecule has 0 radical (unpaired) electrons. The first-order chi connectivity index (χ1) is 16.1. The van der Waals surface area contributed by atoms with Crippen LogP contribution >= 0.6 is 11.6 Å². The maximum Gasteiger partial charge on any atom is 0.243 e. The lowest BCUT2D eigenvalue weighted by atomic mass is 9.82. The highest BCUT2D eigenvalue weighted by Gasteiger charge is 2.35. The van der Waals surface area contributed by atoms with Crippen molar-refractivity contribution in [1.82, 2.24) is 14.9 Å². The third-order valence-corrected chi connectivity index (χ3v) is 7.95. The number of amides is 1. The molecule has 0 spiro atoms. The molecule has 3 aromatic rings. The third-order valence-electron chi connectivity index (χ3n) is 7.64. The van der Waals surface area contributed by atoms with E-state index in [2.05, 4.69) is 28.9 Å². The molecule has 5 rings (SSSR count). The standard InChI is InChI=1S/C28H34ClN3O/c1-19-11-10-16-22(29)25(19)27-31-23-17-8-9-18-24(23)32(27)26(20-12-4-2-5-13-20)28(33)30-21-14-6-3-7-15-21/h8-11,16-18,20-21,26H,2-7,12-15H2,1H3,(H,30,33). The maximum atomic E-state index is 14.0. The van der Waals surface area contributed by atoms with Crippen molar-refractivity contribution in [2.45, 2.75) is 83.2 Å². The van der Waals surface area contributed by atoms with Gasteiger partial charge in [-0.3, -0.25) is 4.79 Å². The Hall–Kier alpha value is -2.33. The highest BCUT2D eigenvalue weighted by atomic mass is 35.5. The molecular formula is C28H34ClN3O. The first-order valence-corrected chi connectivity index (χ1v) is 13.0. The number of benzene rings is 2. The quantitative estimate of drug-likeness (QED) is 0.433. The summed E-state index contributed by atoms with van der Waals surface area (Å²) in [6, 6.07) is 14.2. The number of hydrogen-bond donors (Lipinski definition) is 1. The number of imidazole rings is 1. The zero-order valence-electron chi connectivity index (χ0n) is 19.5. The van der Waals surface area contributed by atoms with Gasteiger partial charge in [-0.15, -0.1) is 0 Å². The van der Waals surface area contributed by atoms with Crippen LogP contribution in [0.3, 0.4) is 0 Å². The molecule has 5 heteroatoms. The lowest BCUT2D eigenvalue weighted by molar-refractivity contribution is -0.127. The van der Waals surface area contributed by atoms with E-state index in [9.17, 15) is 4.79 Å². The van der Waals surface area contributed by atoms with Crippen molar-refractivity contribution < 1.29 is 4.79 Å². The molecular weight excluding hydrogens is 430 g/mol. The minimum atomic E-state index is -0.273. The van der Waals surface area contributed by atoms with Gasteiger partial charge in [-0.2, -0.15) is 0 Å². The average molecular weight is 464 g/mol. The fraction of sp³-hybridized carbons (Fsp3) is 0.500. The predicted molar refractivity (Wildman–Crippen MR) is 136 cm³/mol. The van der Waals surface area contributed by atoms with E-state index >= 15 is 0 Å². The Balaban J connectivity index is 1.65. The summed E-state index contributed by atoms with van der Waals surface area (Å²) >= 11 is 6.74. The number of rotatable bonds is 5. The van der Waals surface area contributed by atoms with Crippen LogP contribution in [0.25, 0.3) is 22.4 Å². The van der Waals surface area contributed by atoms with Crippen molar-refractivity contribution in [1.29, 1.82) is 0 Å². The molecule has 1 atom stereocenters. The van der Waals surface area contributed by atoms with E-state index in [1.807, 2.05) is 30.3 Å².